The molecule has 2 fully saturated rings. The van der Waals surface area contributed by atoms with E-state index in [0.717, 1.165) is 37.8 Å². The summed E-state index contributed by atoms with van der Waals surface area (Å²) >= 11 is 0. The molecule has 5 rings (SSSR count). The molecule has 2 aliphatic rings. The van der Waals surface area contributed by atoms with Gasteiger partial charge in [0.1, 0.15) is 0 Å². The van der Waals surface area contributed by atoms with Crippen molar-refractivity contribution in [1.29, 1.82) is 0 Å². The molecule has 0 radical (unpaired) electrons. The maximum atomic E-state index is 13.0. The SMILES string of the molecule is O=C(NCCCc1ccncc1)[C@H]1CC12CCN(C(=O)c1ccc(-n3cccn3)cc1)CC2. The molecule has 7 heteroatoms. The molecular weight excluding hydrogens is 414 g/mol. The lowest BCUT2D eigenvalue weighted by molar-refractivity contribution is -0.123. The van der Waals surface area contributed by atoms with Gasteiger partial charge in [0.2, 0.25) is 5.91 Å². The number of nitrogens with one attached hydrogen (secondary N) is 1. The van der Waals surface area contributed by atoms with Gasteiger partial charge in [-0.1, -0.05) is 0 Å². The first-order valence-corrected chi connectivity index (χ1v) is 11.7. The third-order valence-electron chi connectivity index (χ3n) is 7.13. The van der Waals surface area contributed by atoms with Crippen LogP contribution in [0.15, 0.2) is 67.3 Å². The normalized spacial score (nSPS) is 18.8. The average molecular weight is 444 g/mol. The van der Waals surface area contributed by atoms with Crippen LogP contribution in [0.4, 0.5) is 0 Å². The number of benzene rings is 1. The summed E-state index contributed by atoms with van der Waals surface area (Å²) in [6.07, 6.45) is 11.8. The second-order valence-corrected chi connectivity index (χ2v) is 9.16. The molecule has 1 atom stereocenters. The lowest BCUT2D eigenvalue weighted by atomic mass is 9.90. The molecule has 1 spiro atoms. The zero-order valence-electron chi connectivity index (χ0n) is 18.7. The Morgan fingerprint density at radius 1 is 1.03 bits per heavy atom. The Hall–Kier alpha value is -3.48. The maximum Gasteiger partial charge on any atom is 0.253 e. The van der Waals surface area contributed by atoms with E-state index in [0.29, 0.717) is 25.2 Å². The molecule has 0 bridgehead atoms. The van der Waals surface area contributed by atoms with E-state index in [1.807, 2.05) is 53.6 Å². The topological polar surface area (TPSA) is 80.1 Å². The molecule has 33 heavy (non-hydrogen) atoms. The van der Waals surface area contributed by atoms with Gasteiger partial charge in [-0.05, 0) is 85.5 Å². The first-order valence-electron chi connectivity index (χ1n) is 11.7. The number of piperidine rings is 1. The van der Waals surface area contributed by atoms with Gasteiger partial charge < -0.3 is 10.2 Å². The van der Waals surface area contributed by atoms with E-state index in [4.69, 9.17) is 0 Å². The fraction of sp³-hybridized carbons (Fsp3) is 0.385. The van der Waals surface area contributed by atoms with Crippen molar-refractivity contribution in [2.75, 3.05) is 19.6 Å². The van der Waals surface area contributed by atoms with E-state index < -0.39 is 0 Å². The number of nitrogens with zero attached hydrogens (tertiary/aromatic N) is 4. The van der Waals surface area contributed by atoms with Crippen LogP contribution in [0.3, 0.4) is 0 Å². The molecule has 1 saturated heterocycles. The zero-order chi connectivity index (χ0) is 22.7. The van der Waals surface area contributed by atoms with Crippen molar-refractivity contribution in [3.05, 3.63) is 78.4 Å². The Balaban J connectivity index is 1.07. The minimum Gasteiger partial charge on any atom is -0.356 e. The summed E-state index contributed by atoms with van der Waals surface area (Å²) in [6, 6.07) is 13.5. The second kappa shape index (κ2) is 9.17. The molecule has 1 saturated carbocycles. The number of pyridine rings is 1. The first-order chi connectivity index (χ1) is 16.1. The summed E-state index contributed by atoms with van der Waals surface area (Å²) in [6.45, 7) is 2.13. The minimum atomic E-state index is 0.0645. The number of likely N-dealkylation sites (tertiary alicyclic amines) is 1. The summed E-state index contributed by atoms with van der Waals surface area (Å²) in [4.78, 5) is 31.6. The Morgan fingerprint density at radius 2 is 1.79 bits per heavy atom. The molecule has 2 amide bonds. The fourth-order valence-electron chi connectivity index (χ4n) is 4.96. The number of amides is 2. The van der Waals surface area contributed by atoms with Gasteiger partial charge in [-0.25, -0.2) is 4.68 Å². The zero-order valence-corrected chi connectivity index (χ0v) is 18.7. The molecule has 7 nitrogen and oxygen atoms in total. The number of rotatable bonds is 7. The molecule has 1 aliphatic heterocycles. The van der Waals surface area contributed by atoms with Crippen LogP contribution in [-0.4, -0.2) is 51.1 Å². The standard InChI is InChI=1S/C26H29N5O2/c32-24(28-12-1-3-20-8-14-27-15-9-20)23-19-26(23)10-17-30(18-11-26)25(33)21-4-6-22(7-5-21)31-16-2-13-29-31/h2,4-9,13-16,23H,1,3,10-12,17-19H2,(H,28,32)/t23-/m1/s1. The molecule has 1 aliphatic carbocycles. The number of aryl methyl sites for hydroxylation is 1. The van der Waals surface area contributed by atoms with Crippen molar-refractivity contribution in [3.8, 4) is 5.69 Å². The molecule has 3 heterocycles. The highest BCUT2D eigenvalue weighted by atomic mass is 16.2. The van der Waals surface area contributed by atoms with Gasteiger partial charge in [0.25, 0.3) is 5.91 Å². The highest BCUT2D eigenvalue weighted by Crippen LogP contribution is 2.59. The molecular formula is C26H29N5O2. The van der Waals surface area contributed by atoms with Gasteiger partial charge in [-0.15, -0.1) is 0 Å². The van der Waals surface area contributed by atoms with E-state index >= 15 is 0 Å². The van der Waals surface area contributed by atoms with Gasteiger partial charge in [-0.2, -0.15) is 5.10 Å². The Kier molecular flexibility index (Phi) is 5.94. The summed E-state index contributed by atoms with van der Waals surface area (Å²) in [5.74, 6) is 0.345. The monoisotopic (exact) mass is 443 g/mol. The van der Waals surface area contributed by atoms with Crippen LogP contribution in [0.25, 0.3) is 5.69 Å². The Morgan fingerprint density at radius 3 is 2.48 bits per heavy atom. The van der Waals surface area contributed by atoms with Gasteiger partial charge in [0.05, 0.1) is 5.69 Å². The first kappa shape index (κ1) is 21.4. The predicted molar refractivity (Wildman–Crippen MR) is 125 cm³/mol. The van der Waals surface area contributed by atoms with Crippen LogP contribution in [0, 0.1) is 11.3 Å². The van der Waals surface area contributed by atoms with Crippen LogP contribution in [-0.2, 0) is 11.2 Å². The highest BCUT2D eigenvalue weighted by Gasteiger charge is 2.58. The fourth-order valence-corrected chi connectivity index (χ4v) is 4.96. The Bertz CT molecular complexity index is 1090. The summed E-state index contributed by atoms with van der Waals surface area (Å²) in [7, 11) is 0. The van der Waals surface area contributed by atoms with Gasteiger partial charge >= 0.3 is 0 Å². The van der Waals surface area contributed by atoms with Crippen LogP contribution < -0.4 is 5.32 Å². The highest BCUT2D eigenvalue weighted by molar-refractivity contribution is 5.94. The van der Waals surface area contributed by atoms with E-state index in [-0.39, 0.29) is 23.1 Å². The number of carbonyl (C=O) groups excluding carboxylic acids is 2. The van der Waals surface area contributed by atoms with Crippen molar-refractivity contribution < 1.29 is 9.59 Å². The van der Waals surface area contributed by atoms with E-state index in [9.17, 15) is 9.59 Å². The number of hydrogen-bond donors (Lipinski definition) is 1. The van der Waals surface area contributed by atoms with Crippen LogP contribution in [0.1, 0.15) is 41.6 Å². The lowest BCUT2D eigenvalue weighted by Crippen LogP contribution is -2.40. The quantitative estimate of drug-likeness (QED) is 0.569. The van der Waals surface area contributed by atoms with Crippen molar-refractivity contribution >= 4 is 11.8 Å². The summed E-state index contributed by atoms with van der Waals surface area (Å²) < 4.78 is 1.77. The van der Waals surface area contributed by atoms with Gasteiger partial charge in [-0.3, -0.25) is 14.6 Å². The molecule has 170 valence electrons. The third-order valence-corrected chi connectivity index (χ3v) is 7.13. The summed E-state index contributed by atoms with van der Waals surface area (Å²) in [5, 5.41) is 7.34. The lowest BCUT2D eigenvalue weighted by Gasteiger charge is -2.33. The molecule has 1 N–H and O–H groups in total. The number of carbonyl (C=O) groups is 2. The average Bonchev–Trinajstić information content (AvgIpc) is 3.28. The third kappa shape index (κ3) is 4.67. The second-order valence-electron chi connectivity index (χ2n) is 9.16. The van der Waals surface area contributed by atoms with Crippen molar-refractivity contribution in [1.82, 2.24) is 25.0 Å². The number of hydrogen-bond acceptors (Lipinski definition) is 4. The van der Waals surface area contributed by atoms with Crippen LogP contribution >= 0.6 is 0 Å². The van der Waals surface area contributed by atoms with Gasteiger partial charge in [0, 0.05) is 55.9 Å². The minimum absolute atomic E-state index is 0.0645. The molecule has 3 aromatic rings. The van der Waals surface area contributed by atoms with E-state index in [1.54, 1.807) is 23.3 Å². The van der Waals surface area contributed by atoms with Crippen molar-refractivity contribution in [3.63, 3.8) is 0 Å². The van der Waals surface area contributed by atoms with Gasteiger partial charge in [0.15, 0.2) is 0 Å². The molecule has 2 aromatic heterocycles. The van der Waals surface area contributed by atoms with Crippen molar-refractivity contribution in [2.24, 2.45) is 11.3 Å². The van der Waals surface area contributed by atoms with Crippen LogP contribution in [0.5, 0.6) is 0 Å². The van der Waals surface area contributed by atoms with Crippen molar-refractivity contribution in [2.45, 2.75) is 32.1 Å². The smallest absolute Gasteiger partial charge is 0.253 e. The molecule has 0 unspecified atom stereocenters. The van der Waals surface area contributed by atoms with E-state index in [2.05, 4.69) is 15.4 Å². The molecule has 1 aromatic carbocycles. The summed E-state index contributed by atoms with van der Waals surface area (Å²) in [5.41, 5.74) is 2.97. The number of aromatic nitrogens is 3. The van der Waals surface area contributed by atoms with Crippen LogP contribution in [0.2, 0.25) is 0 Å². The van der Waals surface area contributed by atoms with E-state index in [1.165, 1.54) is 5.56 Å². The largest absolute Gasteiger partial charge is 0.356 e. The maximum absolute atomic E-state index is 13.0. The predicted octanol–water partition coefficient (Wildman–Crippen LogP) is 3.26. The Labute approximate surface area is 193 Å².